The molecule has 0 fully saturated rings. The number of hydrogen-bond acceptors (Lipinski definition) is 8. The standard InChI is InChI=1S/C20H17ClN6O3/c21-16-10-5-4-9-15(16)20-24-22-17(30-20)13-29-18(28)11-6-12-27-25-19(23-26-27)14-7-2-1-3-8-14/h1-5,7-10H,6,11-13H2. The van der Waals surface area contributed by atoms with Crippen molar-refractivity contribution in [2.45, 2.75) is 26.0 Å². The number of aryl methyl sites for hydroxylation is 1. The molecule has 2 aromatic carbocycles. The summed E-state index contributed by atoms with van der Waals surface area (Å²) in [5.41, 5.74) is 1.51. The molecule has 0 saturated heterocycles. The molecule has 0 amide bonds. The molecule has 152 valence electrons. The van der Waals surface area contributed by atoms with Crippen LogP contribution in [-0.4, -0.2) is 36.4 Å². The van der Waals surface area contributed by atoms with E-state index in [1.54, 1.807) is 12.1 Å². The average Bonchev–Trinajstić information content (AvgIpc) is 3.43. The molecule has 0 radical (unpaired) electrons. The molecule has 10 heteroatoms. The van der Waals surface area contributed by atoms with E-state index in [9.17, 15) is 4.79 Å². The highest BCUT2D eigenvalue weighted by Gasteiger charge is 2.13. The summed E-state index contributed by atoms with van der Waals surface area (Å²) >= 11 is 6.11. The van der Waals surface area contributed by atoms with Gasteiger partial charge in [0, 0.05) is 12.0 Å². The molecule has 2 aromatic heterocycles. The van der Waals surface area contributed by atoms with Gasteiger partial charge < -0.3 is 9.15 Å². The second kappa shape index (κ2) is 9.27. The van der Waals surface area contributed by atoms with Crippen molar-refractivity contribution >= 4 is 17.6 Å². The Bertz CT molecular complexity index is 1130. The van der Waals surface area contributed by atoms with Crippen molar-refractivity contribution in [3.63, 3.8) is 0 Å². The van der Waals surface area contributed by atoms with Crippen LogP contribution in [0.3, 0.4) is 0 Å². The summed E-state index contributed by atoms with van der Waals surface area (Å²) in [5, 5.41) is 20.6. The van der Waals surface area contributed by atoms with Crippen molar-refractivity contribution in [2.24, 2.45) is 0 Å². The van der Waals surface area contributed by atoms with Crippen LogP contribution >= 0.6 is 11.6 Å². The van der Waals surface area contributed by atoms with E-state index in [4.69, 9.17) is 20.8 Å². The van der Waals surface area contributed by atoms with Gasteiger partial charge in [0.15, 0.2) is 6.61 Å². The number of hydrogen-bond donors (Lipinski definition) is 0. The van der Waals surface area contributed by atoms with Gasteiger partial charge in [0.25, 0.3) is 5.89 Å². The highest BCUT2D eigenvalue weighted by Crippen LogP contribution is 2.26. The van der Waals surface area contributed by atoms with Gasteiger partial charge in [0.2, 0.25) is 11.7 Å². The van der Waals surface area contributed by atoms with Crippen LogP contribution in [0.1, 0.15) is 18.7 Å². The third-order valence-electron chi connectivity index (χ3n) is 4.15. The summed E-state index contributed by atoms with van der Waals surface area (Å²) in [6.45, 7) is 0.349. The van der Waals surface area contributed by atoms with Crippen LogP contribution in [0.25, 0.3) is 22.8 Å². The fourth-order valence-corrected chi connectivity index (χ4v) is 2.89. The molecule has 0 spiro atoms. The zero-order valence-corrected chi connectivity index (χ0v) is 16.6. The SMILES string of the molecule is O=C(CCCn1nnc(-c2ccccc2)n1)OCc1nnc(-c2ccccc2Cl)o1. The highest BCUT2D eigenvalue weighted by molar-refractivity contribution is 6.33. The monoisotopic (exact) mass is 424 g/mol. The Morgan fingerprint density at radius 3 is 2.67 bits per heavy atom. The first kappa shape index (κ1) is 19.7. The lowest BCUT2D eigenvalue weighted by Gasteiger charge is -2.02. The van der Waals surface area contributed by atoms with Gasteiger partial charge in [0.1, 0.15) is 0 Å². The van der Waals surface area contributed by atoms with Gasteiger partial charge in [-0.3, -0.25) is 4.79 Å². The number of rotatable bonds is 8. The maximum absolute atomic E-state index is 12.0. The normalized spacial score (nSPS) is 10.8. The lowest BCUT2D eigenvalue weighted by atomic mass is 10.2. The summed E-state index contributed by atoms with van der Waals surface area (Å²) in [5.74, 6) is 0.640. The van der Waals surface area contributed by atoms with Crippen LogP contribution in [0.2, 0.25) is 5.02 Å². The smallest absolute Gasteiger partial charge is 0.306 e. The lowest BCUT2D eigenvalue weighted by molar-refractivity contribution is -0.145. The van der Waals surface area contributed by atoms with Crippen LogP contribution in [0.4, 0.5) is 0 Å². The minimum Gasteiger partial charge on any atom is -0.456 e. The number of halogens is 1. The van der Waals surface area contributed by atoms with E-state index in [0.717, 1.165) is 5.56 Å². The van der Waals surface area contributed by atoms with E-state index in [1.165, 1.54) is 4.80 Å². The molecular weight excluding hydrogens is 408 g/mol. The van der Waals surface area contributed by atoms with Crippen molar-refractivity contribution in [3.05, 3.63) is 65.5 Å². The van der Waals surface area contributed by atoms with Crippen molar-refractivity contribution in [3.8, 4) is 22.8 Å². The summed E-state index contributed by atoms with van der Waals surface area (Å²) in [7, 11) is 0. The van der Waals surface area contributed by atoms with Gasteiger partial charge in [-0.1, -0.05) is 54.1 Å². The minimum absolute atomic E-state index is 0.101. The van der Waals surface area contributed by atoms with E-state index in [1.807, 2.05) is 42.5 Å². The fraction of sp³-hybridized carbons (Fsp3) is 0.200. The Kier molecular flexibility index (Phi) is 6.09. The van der Waals surface area contributed by atoms with E-state index in [-0.39, 0.29) is 30.8 Å². The molecular formula is C20H17ClN6O3. The van der Waals surface area contributed by atoms with Crippen LogP contribution in [0.15, 0.2) is 59.0 Å². The molecule has 9 nitrogen and oxygen atoms in total. The van der Waals surface area contributed by atoms with Gasteiger partial charge in [0.05, 0.1) is 17.1 Å². The van der Waals surface area contributed by atoms with Crippen LogP contribution in [-0.2, 0) is 22.7 Å². The predicted molar refractivity (Wildman–Crippen MR) is 107 cm³/mol. The second-order valence-corrected chi connectivity index (χ2v) is 6.73. The van der Waals surface area contributed by atoms with E-state index < -0.39 is 0 Å². The van der Waals surface area contributed by atoms with Crippen LogP contribution < -0.4 is 0 Å². The van der Waals surface area contributed by atoms with E-state index >= 15 is 0 Å². The predicted octanol–water partition coefficient (Wildman–Crippen LogP) is 3.57. The summed E-state index contributed by atoms with van der Waals surface area (Å²) in [6, 6.07) is 16.7. The zero-order valence-electron chi connectivity index (χ0n) is 15.8. The van der Waals surface area contributed by atoms with Crippen molar-refractivity contribution in [2.75, 3.05) is 0 Å². The number of nitrogens with zero attached hydrogens (tertiary/aromatic N) is 6. The maximum Gasteiger partial charge on any atom is 0.306 e. The van der Waals surface area contributed by atoms with Gasteiger partial charge in [-0.05, 0) is 23.8 Å². The quantitative estimate of drug-likeness (QED) is 0.395. The number of tetrazole rings is 1. The van der Waals surface area contributed by atoms with Crippen molar-refractivity contribution < 1.29 is 13.9 Å². The Hall–Kier alpha value is -3.59. The van der Waals surface area contributed by atoms with Crippen molar-refractivity contribution in [1.29, 1.82) is 0 Å². The number of ether oxygens (including phenoxy) is 1. The summed E-state index contributed by atoms with van der Waals surface area (Å²) in [4.78, 5) is 13.4. The van der Waals surface area contributed by atoms with Gasteiger partial charge in [-0.25, -0.2) is 0 Å². The molecule has 30 heavy (non-hydrogen) atoms. The number of carbonyl (C=O) groups is 1. The number of benzene rings is 2. The van der Waals surface area contributed by atoms with Gasteiger partial charge in [-0.15, -0.1) is 20.4 Å². The first-order chi connectivity index (χ1) is 14.7. The number of aromatic nitrogens is 6. The molecule has 2 heterocycles. The first-order valence-electron chi connectivity index (χ1n) is 9.25. The molecule has 0 bridgehead atoms. The zero-order chi connectivity index (χ0) is 20.8. The first-order valence-corrected chi connectivity index (χ1v) is 9.63. The molecule has 4 aromatic rings. The molecule has 4 rings (SSSR count). The molecule has 0 N–H and O–H groups in total. The minimum atomic E-state index is -0.379. The van der Waals surface area contributed by atoms with Crippen molar-refractivity contribution in [1.82, 2.24) is 30.4 Å². The largest absolute Gasteiger partial charge is 0.456 e. The topological polar surface area (TPSA) is 109 Å². The average molecular weight is 425 g/mol. The van der Waals surface area contributed by atoms with E-state index in [2.05, 4.69) is 25.6 Å². The third-order valence-corrected chi connectivity index (χ3v) is 4.48. The Morgan fingerprint density at radius 2 is 1.83 bits per heavy atom. The highest BCUT2D eigenvalue weighted by atomic mass is 35.5. The van der Waals surface area contributed by atoms with Crippen LogP contribution in [0.5, 0.6) is 0 Å². The molecule has 0 aliphatic rings. The summed E-state index contributed by atoms with van der Waals surface area (Å²) in [6.07, 6.45) is 0.714. The van der Waals surface area contributed by atoms with Gasteiger partial charge >= 0.3 is 5.97 Å². The molecule has 0 unspecified atom stereocenters. The molecule has 0 aliphatic carbocycles. The number of esters is 1. The van der Waals surface area contributed by atoms with E-state index in [0.29, 0.717) is 29.4 Å². The Morgan fingerprint density at radius 1 is 1.03 bits per heavy atom. The second-order valence-electron chi connectivity index (χ2n) is 6.32. The lowest BCUT2D eigenvalue weighted by Crippen LogP contribution is -2.08. The van der Waals surface area contributed by atoms with Crippen LogP contribution in [0, 0.1) is 0 Å². The molecule has 0 saturated carbocycles. The molecule has 0 aliphatic heterocycles. The third kappa shape index (κ3) is 4.87. The number of carbonyl (C=O) groups excluding carboxylic acids is 1. The van der Waals surface area contributed by atoms with Gasteiger partial charge in [-0.2, -0.15) is 4.80 Å². The molecule has 0 atom stereocenters. The fourth-order valence-electron chi connectivity index (χ4n) is 2.68. The Labute approximate surface area is 176 Å². The Balaban J connectivity index is 1.22. The summed E-state index contributed by atoms with van der Waals surface area (Å²) < 4.78 is 10.7. The maximum atomic E-state index is 12.0.